The number of hydrogen-bond donors (Lipinski definition) is 3. The molecule has 1 aromatic heterocycles. The Balaban J connectivity index is 1.90. The first-order chi connectivity index (χ1) is 12.8. The number of aromatic hydroxyl groups is 1. The van der Waals surface area contributed by atoms with Gasteiger partial charge in [0, 0.05) is 17.5 Å². The van der Waals surface area contributed by atoms with E-state index in [9.17, 15) is 24.2 Å². The molecule has 0 saturated heterocycles. The number of carboxylic acid groups (broad SMARTS) is 1. The molecule has 0 aliphatic rings. The maximum Gasteiger partial charge on any atom is 0.326 e. The van der Waals surface area contributed by atoms with Crippen LogP contribution in [-0.4, -0.2) is 33.1 Å². The van der Waals surface area contributed by atoms with Crippen LogP contribution in [0.25, 0.3) is 10.9 Å². The van der Waals surface area contributed by atoms with Crippen LogP contribution in [0.15, 0.2) is 48.5 Å². The van der Waals surface area contributed by atoms with E-state index in [0.29, 0.717) is 22.2 Å². The van der Waals surface area contributed by atoms with Crippen LogP contribution >= 0.6 is 0 Å². The van der Waals surface area contributed by atoms with Crippen molar-refractivity contribution in [2.24, 2.45) is 0 Å². The molecule has 3 aromatic rings. The second-order valence-electron chi connectivity index (χ2n) is 6.21. The van der Waals surface area contributed by atoms with Crippen LogP contribution in [0.5, 0.6) is 5.75 Å². The summed E-state index contributed by atoms with van der Waals surface area (Å²) in [7, 11) is 0. The Hall–Kier alpha value is -3.48. The summed E-state index contributed by atoms with van der Waals surface area (Å²) < 4.78 is 13.6. The van der Waals surface area contributed by atoms with Gasteiger partial charge in [-0.2, -0.15) is 0 Å². The predicted molar refractivity (Wildman–Crippen MR) is 97.1 cm³/mol. The first kappa shape index (κ1) is 18.3. The van der Waals surface area contributed by atoms with Crippen LogP contribution < -0.4 is 5.32 Å². The fourth-order valence-corrected chi connectivity index (χ4v) is 2.82. The molecule has 138 valence electrons. The van der Waals surface area contributed by atoms with Gasteiger partial charge >= 0.3 is 5.97 Å². The highest BCUT2D eigenvalue weighted by molar-refractivity contribution is 6.07. The first-order valence-corrected chi connectivity index (χ1v) is 8.22. The van der Waals surface area contributed by atoms with Crippen molar-refractivity contribution in [1.29, 1.82) is 0 Å². The monoisotopic (exact) mass is 368 g/mol. The highest BCUT2D eigenvalue weighted by Gasteiger charge is 2.22. The number of nitrogens with zero attached hydrogens (tertiary/aromatic N) is 1. The maximum atomic E-state index is 13.6. The van der Waals surface area contributed by atoms with Gasteiger partial charge in [0.1, 0.15) is 17.6 Å². The Morgan fingerprint density at radius 3 is 2.52 bits per heavy atom. The van der Waals surface area contributed by atoms with Crippen LogP contribution in [-0.2, 0) is 11.2 Å². The van der Waals surface area contributed by atoms with Crippen LogP contribution in [0.1, 0.15) is 21.6 Å². The fraction of sp³-hybridized carbons (Fsp3) is 0.150. The summed E-state index contributed by atoms with van der Waals surface area (Å²) >= 11 is 0. The number of rotatable bonds is 5. The molecule has 0 fully saturated rings. The maximum absolute atomic E-state index is 13.6. The molecule has 6 nitrogen and oxygen atoms in total. The Morgan fingerprint density at radius 2 is 1.85 bits per heavy atom. The van der Waals surface area contributed by atoms with E-state index in [1.54, 1.807) is 19.1 Å². The molecular weight excluding hydrogens is 351 g/mol. The largest absolute Gasteiger partial charge is 0.508 e. The van der Waals surface area contributed by atoms with Crippen LogP contribution in [0, 0.1) is 12.7 Å². The van der Waals surface area contributed by atoms with Gasteiger partial charge in [0.05, 0.1) is 11.1 Å². The van der Waals surface area contributed by atoms with E-state index < -0.39 is 23.7 Å². The summed E-state index contributed by atoms with van der Waals surface area (Å²) in [6, 6.07) is 10.3. The summed E-state index contributed by atoms with van der Waals surface area (Å²) in [5.41, 5.74) is 1.81. The number of benzene rings is 2. The van der Waals surface area contributed by atoms with Gasteiger partial charge in [0.2, 0.25) is 0 Å². The third kappa shape index (κ3) is 4.20. The first-order valence-electron chi connectivity index (χ1n) is 8.22. The van der Waals surface area contributed by atoms with Gasteiger partial charge in [0.25, 0.3) is 5.91 Å². The molecular formula is C20H17FN2O4. The number of aliphatic carboxylic acids is 1. The third-order valence-corrected chi connectivity index (χ3v) is 4.12. The number of carboxylic acids is 1. The number of carbonyl (C=O) groups is 2. The molecule has 3 rings (SSSR count). The van der Waals surface area contributed by atoms with Gasteiger partial charge in [-0.25, -0.2) is 9.18 Å². The number of nitrogens with one attached hydrogen (secondary N) is 1. The lowest BCUT2D eigenvalue weighted by atomic mass is 10.0. The van der Waals surface area contributed by atoms with E-state index in [2.05, 4.69) is 10.3 Å². The SMILES string of the molecule is Cc1cc(C(=O)NC(Cc2ccc(O)cc2)C(=O)O)c2cc(F)ccc2n1. The third-order valence-electron chi connectivity index (χ3n) is 4.12. The van der Waals surface area contributed by atoms with E-state index in [0.717, 1.165) is 0 Å². The van der Waals surface area contributed by atoms with Gasteiger partial charge in [0.15, 0.2) is 0 Å². The quantitative estimate of drug-likeness (QED) is 0.643. The Bertz CT molecular complexity index is 1020. The van der Waals surface area contributed by atoms with Gasteiger partial charge in [-0.3, -0.25) is 9.78 Å². The number of aryl methyl sites for hydroxylation is 1. The summed E-state index contributed by atoms with van der Waals surface area (Å²) in [6.45, 7) is 1.70. The average Bonchev–Trinajstić information content (AvgIpc) is 2.62. The normalized spacial score (nSPS) is 11.9. The molecule has 7 heteroatoms. The highest BCUT2D eigenvalue weighted by atomic mass is 19.1. The number of halogens is 1. The molecule has 1 unspecified atom stereocenters. The number of amides is 1. The summed E-state index contributed by atoms with van der Waals surface area (Å²) in [6.07, 6.45) is 0.0394. The van der Waals surface area contributed by atoms with Gasteiger partial charge in [-0.1, -0.05) is 12.1 Å². The van der Waals surface area contributed by atoms with Crippen molar-refractivity contribution in [2.75, 3.05) is 0 Å². The van der Waals surface area contributed by atoms with E-state index >= 15 is 0 Å². The number of hydrogen-bond acceptors (Lipinski definition) is 4. The standard InChI is InChI=1S/C20H17FN2O4/c1-11-8-16(15-10-13(21)4-7-17(15)22-11)19(25)23-18(20(26)27)9-12-2-5-14(24)6-3-12/h2-8,10,18,24H,9H2,1H3,(H,23,25)(H,26,27). The number of carbonyl (C=O) groups excluding carboxylic acids is 1. The van der Waals surface area contributed by atoms with Crippen molar-refractivity contribution in [2.45, 2.75) is 19.4 Å². The van der Waals surface area contributed by atoms with E-state index in [-0.39, 0.29) is 17.7 Å². The van der Waals surface area contributed by atoms with Crippen molar-refractivity contribution in [1.82, 2.24) is 10.3 Å². The summed E-state index contributed by atoms with van der Waals surface area (Å²) in [4.78, 5) is 28.6. The van der Waals surface area contributed by atoms with Crippen molar-refractivity contribution < 1.29 is 24.2 Å². The number of pyridine rings is 1. The number of fused-ring (bicyclic) bond motifs is 1. The molecule has 2 aromatic carbocycles. The Kier molecular flexibility index (Phi) is 5.03. The zero-order valence-corrected chi connectivity index (χ0v) is 14.4. The van der Waals surface area contributed by atoms with Gasteiger partial charge in [-0.05, 0) is 48.9 Å². The van der Waals surface area contributed by atoms with Crippen molar-refractivity contribution in [3.63, 3.8) is 0 Å². The van der Waals surface area contributed by atoms with E-state index in [1.165, 1.54) is 36.4 Å². The van der Waals surface area contributed by atoms with Crippen LogP contribution in [0.2, 0.25) is 0 Å². The number of phenols is 1. The summed E-state index contributed by atoms with van der Waals surface area (Å²) in [5, 5.41) is 21.6. The molecule has 3 N–H and O–H groups in total. The fourth-order valence-electron chi connectivity index (χ4n) is 2.82. The second kappa shape index (κ2) is 7.41. The molecule has 0 saturated carbocycles. The number of aromatic nitrogens is 1. The molecule has 1 atom stereocenters. The lowest BCUT2D eigenvalue weighted by Crippen LogP contribution is -2.42. The molecule has 0 aliphatic heterocycles. The summed E-state index contributed by atoms with van der Waals surface area (Å²) in [5.74, 6) is -2.27. The van der Waals surface area contributed by atoms with E-state index in [1.807, 2.05) is 0 Å². The zero-order chi connectivity index (χ0) is 19.6. The van der Waals surface area contributed by atoms with Crippen LogP contribution in [0.4, 0.5) is 4.39 Å². The number of phenolic OH excluding ortho intramolecular Hbond substituents is 1. The molecule has 0 radical (unpaired) electrons. The average molecular weight is 368 g/mol. The zero-order valence-electron chi connectivity index (χ0n) is 14.4. The van der Waals surface area contributed by atoms with Crippen molar-refractivity contribution in [3.05, 3.63) is 71.2 Å². The Labute approximate surface area is 154 Å². The topological polar surface area (TPSA) is 99.5 Å². The molecule has 0 spiro atoms. The van der Waals surface area contributed by atoms with Crippen molar-refractivity contribution >= 4 is 22.8 Å². The predicted octanol–water partition coefficient (Wildman–Crippen LogP) is 2.81. The molecule has 0 bridgehead atoms. The minimum absolute atomic E-state index is 0.0394. The Morgan fingerprint density at radius 1 is 1.15 bits per heavy atom. The molecule has 1 heterocycles. The lowest BCUT2D eigenvalue weighted by molar-refractivity contribution is -0.139. The smallest absolute Gasteiger partial charge is 0.326 e. The minimum atomic E-state index is -1.20. The molecule has 27 heavy (non-hydrogen) atoms. The second-order valence-corrected chi connectivity index (χ2v) is 6.21. The van der Waals surface area contributed by atoms with Crippen LogP contribution in [0.3, 0.4) is 0 Å². The lowest BCUT2D eigenvalue weighted by Gasteiger charge is -2.16. The van der Waals surface area contributed by atoms with E-state index in [4.69, 9.17) is 0 Å². The molecule has 1 amide bonds. The van der Waals surface area contributed by atoms with Crippen molar-refractivity contribution in [3.8, 4) is 5.75 Å². The molecule has 0 aliphatic carbocycles. The van der Waals surface area contributed by atoms with Gasteiger partial charge in [-0.15, -0.1) is 0 Å². The van der Waals surface area contributed by atoms with Gasteiger partial charge < -0.3 is 15.5 Å². The highest BCUT2D eigenvalue weighted by Crippen LogP contribution is 2.20. The minimum Gasteiger partial charge on any atom is -0.508 e.